The van der Waals surface area contributed by atoms with Crippen LogP contribution in [0.5, 0.6) is 0 Å². The molecule has 1 unspecified atom stereocenters. The van der Waals surface area contributed by atoms with Crippen molar-refractivity contribution in [1.82, 2.24) is 5.32 Å². The minimum absolute atomic E-state index is 0.836. The van der Waals surface area contributed by atoms with E-state index in [0.29, 0.717) is 0 Å². The zero-order chi connectivity index (χ0) is 7.84. The van der Waals surface area contributed by atoms with E-state index in [9.17, 15) is 0 Å². The van der Waals surface area contributed by atoms with E-state index in [1.165, 1.54) is 25.7 Å². The molecule has 1 aliphatic carbocycles. The summed E-state index contributed by atoms with van der Waals surface area (Å²) < 4.78 is 0. The normalized spacial score (nSPS) is 43.4. The summed E-state index contributed by atoms with van der Waals surface area (Å²) >= 11 is 0. The Labute approximate surface area is 69.6 Å². The van der Waals surface area contributed by atoms with E-state index in [-0.39, 0.29) is 0 Å². The standard InChI is InChI=1S/C10H19N/c1-7(2)10-8-4-3-5-9(6-8)11-10/h7-11H,3-6H2,1-2H3/t8-,9+,10?/m0/s1. The van der Waals surface area contributed by atoms with Gasteiger partial charge in [0.25, 0.3) is 0 Å². The molecule has 2 aliphatic rings. The van der Waals surface area contributed by atoms with Crippen molar-refractivity contribution in [2.24, 2.45) is 11.8 Å². The Hall–Kier alpha value is -0.0400. The summed E-state index contributed by atoms with van der Waals surface area (Å²) in [5, 5.41) is 3.75. The molecule has 2 bridgehead atoms. The van der Waals surface area contributed by atoms with Crippen molar-refractivity contribution in [3.63, 3.8) is 0 Å². The zero-order valence-electron chi connectivity index (χ0n) is 7.64. The molecule has 2 rings (SSSR count). The van der Waals surface area contributed by atoms with Crippen LogP contribution in [0.4, 0.5) is 0 Å². The van der Waals surface area contributed by atoms with Gasteiger partial charge in [0, 0.05) is 12.1 Å². The molecule has 0 spiro atoms. The van der Waals surface area contributed by atoms with Gasteiger partial charge in [-0.3, -0.25) is 0 Å². The summed E-state index contributed by atoms with van der Waals surface area (Å²) in [6, 6.07) is 1.71. The molecular formula is C10H19N. The van der Waals surface area contributed by atoms with Crippen molar-refractivity contribution in [2.75, 3.05) is 0 Å². The monoisotopic (exact) mass is 153 g/mol. The van der Waals surface area contributed by atoms with Crippen LogP contribution in [0.3, 0.4) is 0 Å². The minimum atomic E-state index is 0.836. The molecule has 0 aromatic carbocycles. The van der Waals surface area contributed by atoms with Crippen molar-refractivity contribution >= 4 is 0 Å². The molecule has 11 heavy (non-hydrogen) atoms. The van der Waals surface area contributed by atoms with Gasteiger partial charge in [-0.05, 0) is 31.1 Å². The largest absolute Gasteiger partial charge is 0.311 e. The van der Waals surface area contributed by atoms with Gasteiger partial charge in [-0.1, -0.05) is 20.3 Å². The predicted molar refractivity (Wildman–Crippen MR) is 47.5 cm³/mol. The Bertz CT molecular complexity index is 142. The van der Waals surface area contributed by atoms with Crippen molar-refractivity contribution in [1.29, 1.82) is 0 Å². The molecule has 1 N–H and O–H groups in total. The molecule has 1 saturated carbocycles. The predicted octanol–water partition coefficient (Wildman–Crippen LogP) is 2.17. The van der Waals surface area contributed by atoms with Crippen LogP contribution in [0.2, 0.25) is 0 Å². The first-order valence-corrected chi connectivity index (χ1v) is 5.03. The maximum atomic E-state index is 3.75. The van der Waals surface area contributed by atoms with Crippen LogP contribution in [0.25, 0.3) is 0 Å². The fourth-order valence-corrected chi connectivity index (χ4v) is 2.85. The molecule has 0 aromatic rings. The lowest BCUT2D eigenvalue weighted by Gasteiger charge is -2.22. The molecule has 64 valence electrons. The SMILES string of the molecule is CC(C)C1N[C@@H]2CCC[C@H]1C2. The highest BCUT2D eigenvalue weighted by Crippen LogP contribution is 2.35. The van der Waals surface area contributed by atoms with E-state index in [0.717, 1.165) is 23.9 Å². The lowest BCUT2D eigenvalue weighted by molar-refractivity contribution is 0.333. The summed E-state index contributed by atoms with van der Waals surface area (Å²) in [5.41, 5.74) is 0. The van der Waals surface area contributed by atoms with Gasteiger partial charge in [-0.25, -0.2) is 0 Å². The molecule has 1 heteroatoms. The summed E-state index contributed by atoms with van der Waals surface area (Å²) in [6.07, 6.45) is 5.83. The van der Waals surface area contributed by atoms with Crippen LogP contribution in [0, 0.1) is 11.8 Å². The fraction of sp³-hybridized carbons (Fsp3) is 1.00. The fourth-order valence-electron chi connectivity index (χ4n) is 2.85. The molecule has 0 radical (unpaired) electrons. The van der Waals surface area contributed by atoms with Gasteiger partial charge < -0.3 is 5.32 Å². The van der Waals surface area contributed by atoms with Gasteiger partial charge in [0.1, 0.15) is 0 Å². The number of hydrogen-bond acceptors (Lipinski definition) is 1. The highest BCUT2D eigenvalue weighted by atomic mass is 15.0. The summed E-state index contributed by atoms with van der Waals surface area (Å²) in [4.78, 5) is 0. The smallest absolute Gasteiger partial charge is 0.0121 e. The van der Waals surface area contributed by atoms with Gasteiger partial charge >= 0.3 is 0 Å². The topological polar surface area (TPSA) is 12.0 Å². The molecule has 2 fully saturated rings. The minimum Gasteiger partial charge on any atom is -0.311 e. The van der Waals surface area contributed by atoms with E-state index in [4.69, 9.17) is 0 Å². The van der Waals surface area contributed by atoms with E-state index in [1.54, 1.807) is 0 Å². The molecular weight excluding hydrogens is 134 g/mol. The zero-order valence-corrected chi connectivity index (χ0v) is 7.64. The van der Waals surface area contributed by atoms with Crippen LogP contribution in [0.1, 0.15) is 39.5 Å². The summed E-state index contributed by atoms with van der Waals surface area (Å²) in [7, 11) is 0. The Kier molecular flexibility index (Phi) is 1.92. The number of nitrogens with one attached hydrogen (secondary N) is 1. The molecule has 1 heterocycles. The lowest BCUT2D eigenvalue weighted by atomic mass is 9.83. The second-order valence-electron chi connectivity index (χ2n) is 4.56. The van der Waals surface area contributed by atoms with E-state index in [1.807, 2.05) is 0 Å². The molecule has 0 amide bonds. The third kappa shape index (κ3) is 1.31. The molecule has 1 nitrogen and oxygen atoms in total. The van der Waals surface area contributed by atoms with Crippen LogP contribution in [-0.4, -0.2) is 12.1 Å². The van der Waals surface area contributed by atoms with Crippen LogP contribution < -0.4 is 5.32 Å². The van der Waals surface area contributed by atoms with Gasteiger partial charge in [0.15, 0.2) is 0 Å². The average molecular weight is 153 g/mol. The third-order valence-corrected chi connectivity index (χ3v) is 3.37. The highest BCUT2D eigenvalue weighted by Gasteiger charge is 2.37. The highest BCUT2D eigenvalue weighted by molar-refractivity contribution is 4.95. The van der Waals surface area contributed by atoms with Gasteiger partial charge in [0.2, 0.25) is 0 Å². The van der Waals surface area contributed by atoms with Crippen molar-refractivity contribution in [3.05, 3.63) is 0 Å². The summed E-state index contributed by atoms with van der Waals surface area (Å²) in [5.74, 6) is 1.84. The molecule has 1 aliphatic heterocycles. The Morgan fingerprint density at radius 1 is 1.27 bits per heavy atom. The van der Waals surface area contributed by atoms with Crippen LogP contribution in [-0.2, 0) is 0 Å². The van der Waals surface area contributed by atoms with Crippen molar-refractivity contribution < 1.29 is 0 Å². The Morgan fingerprint density at radius 2 is 2.09 bits per heavy atom. The first kappa shape index (κ1) is 7.60. The third-order valence-electron chi connectivity index (χ3n) is 3.37. The Balaban J connectivity index is 2.03. The number of fused-ring (bicyclic) bond motifs is 2. The van der Waals surface area contributed by atoms with E-state index >= 15 is 0 Å². The van der Waals surface area contributed by atoms with Crippen LogP contribution in [0.15, 0.2) is 0 Å². The second-order valence-corrected chi connectivity index (χ2v) is 4.56. The number of rotatable bonds is 1. The van der Waals surface area contributed by atoms with Gasteiger partial charge in [-0.15, -0.1) is 0 Å². The first-order valence-electron chi connectivity index (χ1n) is 5.03. The molecule has 0 aromatic heterocycles. The van der Waals surface area contributed by atoms with E-state index in [2.05, 4.69) is 19.2 Å². The van der Waals surface area contributed by atoms with E-state index < -0.39 is 0 Å². The number of hydrogen-bond donors (Lipinski definition) is 1. The maximum absolute atomic E-state index is 3.75. The average Bonchev–Trinajstić information content (AvgIpc) is 2.27. The van der Waals surface area contributed by atoms with Gasteiger partial charge in [-0.2, -0.15) is 0 Å². The van der Waals surface area contributed by atoms with Crippen molar-refractivity contribution in [3.8, 4) is 0 Å². The quantitative estimate of drug-likeness (QED) is 0.609. The summed E-state index contributed by atoms with van der Waals surface area (Å²) in [6.45, 7) is 4.69. The maximum Gasteiger partial charge on any atom is 0.0121 e. The van der Waals surface area contributed by atoms with Gasteiger partial charge in [0.05, 0.1) is 0 Å². The first-order chi connectivity index (χ1) is 5.27. The molecule has 1 saturated heterocycles. The second kappa shape index (κ2) is 2.78. The van der Waals surface area contributed by atoms with Crippen molar-refractivity contribution in [2.45, 2.75) is 51.6 Å². The Morgan fingerprint density at radius 3 is 2.73 bits per heavy atom. The molecule has 3 atom stereocenters. The lowest BCUT2D eigenvalue weighted by Crippen LogP contribution is -2.33. The van der Waals surface area contributed by atoms with Crippen LogP contribution >= 0.6 is 0 Å².